The number of halogens is 4. The molecular formula is C22H17F4N5O2. The lowest BCUT2D eigenvalue weighted by molar-refractivity contribution is -0.144. The number of hydrogen-bond donors (Lipinski definition) is 1. The van der Waals surface area contributed by atoms with Gasteiger partial charge in [0.05, 0.1) is 5.69 Å². The molecule has 4 aromatic rings. The van der Waals surface area contributed by atoms with E-state index in [2.05, 4.69) is 20.4 Å². The fraction of sp³-hybridized carbons (Fsp3) is 0.182. The molecule has 1 atom stereocenters. The third-order valence-corrected chi connectivity index (χ3v) is 4.69. The zero-order chi connectivity index (χ0) is 23.6. The van der Waals surface area contributed by atoms with Crippen LogP contribution in [0.1, 0.15) is 18.3 Å². The van der Waals surface area contributed by atoms with Crippen molar-refractivity contribution in [1.29, 1.82) is 0 Å². The number of rotatable bonds is 6. The van der Waals surface area contributed by atoms with E-state index >= 15 is 0 Å². The number of alkyl halides is 3. The minimum atomic E-state index is -4.68. The van der Waals surface area contributed by atoms with Gasteiger partial charge in [-0.05, 0) is 30.7 Å². The summed E-state index contributed by atoms with van der Waals surface area (Å²) in [4.78, 5) is 19.5. The first-order valence-corrected chi connectivity index (χ1v) is 9.79. The quantitative estimate of drug-likeness (QED) is 0.441. The van der Waals surface area contributed by atoms with Crippen LogP contribution >= 0.6 is 0 Å². The molecule has 33 heavy (non-hydrogen) atoms. The van der Waals surface area contributed by atoms with Gasteiger partial charge >= 0.3 is 6.18 Å². The summed E-state index contributed by atoms with van der Waals surface area (Å²) in [7, 11) is 0. The van der Waals surface area contributed by atoms with Crippen molar-refractivity contribution in [3.8, 4) is 17.0 Å². The molecule has 0 radical (unpaired) electrons. The Morgan fingerprint density at radius 3 is 2.61 bits per heavy atom. The molecule has 0 saturated heterocycles. The van der Waals surface area contributed by atoms with Crippen molar-refractivity contribution in [3.05, 3.63) is 78.0 Å². The van der Waals surface area contributed by atoms with Crippen LogP contribution < -0.4 is 10.1 Å². The standard InChI is InChI=1S/C22H17F4N5O2/c1-13(33-17-4-2-3-16(23)11-17)19(32)28-12-14-5-7-15(8-6-14)18-9-10-27-21-29-20(22(24,25)26)30-31(18)21/h2-11,13H,12H2,1H3,(H,28,32). The van der Waals surface area contributed by atoms with E-state index in [1.807, 2.05) is 0 Å². The van der Waals surface area contributed by atoms with E-state index in [-0.39, 0.29) is 24.0 Å². The summed E-state index contributed by atoms with van der Waals surface area (Å²) in [6.07, 6.45) is -4.16. The predicted octanol–water partition coefficient (Wildman–Crippen LogP) is 4.03. The first-order valence-electron chi connectivity index (χ1n) is 9.79. The number of nitrogens with zero attached hydrogens (tertiary/aromatic N) is 4. The lowest BCUT2D eigenvalue weighted by Crippen LogP contribution is -2.35. The molecule has 2 aromatic carbocycles. The van der Waals surface area contributed by atoms with Gasteiger partial charge in [0.25, 0.3) is 17.5 Å². The van der Waals surface area contributed by atoms with Gasteiger partial charge in [-0.3, -0.25) is 4.79 Å². The van der Waals surface area contributed by atoms with Gasteiger partial charge in [0, 0.05) is 24.4 Å². The van der Waals surface area contributed by atoms with Gasteiger partial charge in [-0.15, -0.1) is 5.10 Å². The third kappa shape index (κ3) is 5.08. The van der Waals surface area contributed by atoms with Crippen LogP contribution in [0.4, 0.5) is 17.6 Å². The highest BCUT2D eigenvalue weighted by Gasteiger charge is 2.36. The number of nitrogens with one attached hydrogen (secondary N) is 1. The van der Waals surface area contributed by atoms with Crippen molar-refractivity contribution in [2.75, 3.05) is 0 Å². The molecule has 2 aromatic heterocycles. The predicted molar refractivity (Wildman–Crippen MR) is 110 cm³/mol. The number of aromatic nitrogens is 4. The second kappa shape index (κ2) is 8.85. The summed E-state index contributed by atoms with van der Waals surface area (Å²) in [6, 6.07) is 13.9. The minimum absolute atomic E-state index is 0.163. The number of ether oxygens (including phenoxy) is 1. The molecule has 11 heteroatoms. The third-order valence-electron chi connectivity index (χ3n) is 4.69. The number of carbonyl (C=O) groups excluding carboxylic acids is 1. The number of hydrogen-bond acceptors (Lipinski definition) is 5. The summed E-state index contributed by atoms with van der Waals surface area (Å²) >= 11 is 0. The lowest BCUT2D eigenvalue weighted by atomic mass is 10.1. The summed E-state index contributed by atoms with van der Waals surface area (Å²) in [5.74, 6) is -2.04. The second-order valence-corrected chi connectivity index (χ2v) is 7.11. The summed E-state index contributed by atoms with van der Waals surface area (Å²) in [5, 5.41) is 6.25. The Hall–Kier alpha value is -4.02. The molecular weight excluding hydrogens is 442 g/mol. The molecule has 1 N–H and O–H groups in total. The van der Waals surface area contributed by atoms with Gasteiger partial charge < -0.3 is 10.1 Å². The van der Waals surface area contributed by atoms with E-state index < -0.39 is 23.9 Å². The van der Waals surface area contributed by atoms with Crippen molar-refractivity contribution in [2.45, 2.75) is 25.7 Å². The first-order chi connectivity index (χ1) is 15.7. The monoisotopic (exact) mass is 459 g/mol. The van der Waals surface area contributed by atoms with Crippen molar-refractivity contribution in [3.63, 3.8) is 0 Å². The second-order valence-electron chi connectivity index (χ2n) is 7.11. The maximum absolute atomic E-state index is 13.2. The first kappa shape index (κ1) is 22.2. The van der Waals surface area contributed by atoms with Crippen LogP contribution in [-0.4, -0.2) is 31.6 Å². The van der Waals surface area contributed by atoms with Gasteiger partial charge in [-0.2, -0.15) is 22.7 Å². The molecule has 170 valence electrons. The molecule has 2 heterocycles. The zero-order valence-electron chi connectivity index (χ0n) is 17.2. The summed E-state index contributed by atoms with van der Waals surface area (Å²) in [6.45, 7) is 1.74. The largest absolute Gasteiger partial charge is 0.481 e. The molecule has 1 unspecified atom stereocenters. The summed E-state index contributed by atoms with van der Waals surface area (Å²) < 4.78 is 58.5. The average Bonchev–Trinajstić information content (AvgIpc) is 3.23. The van der Waals surface area contributed by atoms with E-state index in [1.54, 1.807) is 37.3 Å². The molecule has 7 nitrogen and oxygen atoms in total. The molecule has 1 amide bonds. The van der Waals surface area contributed by atoms with Crippen molar-refractivity contribution < 1.29 is 27.1 Å². The molecule has 0 saturated carbocycles. The Morgan fingerprint density at radius 1 is 1.15 bits per heavy atom. The highest BCUT2D eigenvalue weighted by Crippen LogP contribution is 2.28. The zero-order valence-corrected chi connectivity index (χ0v) is 17.2. The molecule has 0 fully saturated rings. The Balaban J connectivity index is 1.42. The van der Waals surface area contributed by atoms with Crippen LogP contribution in [0, 0.1) is 5.82 Å². The van der Waals surface area contributed by atoms with E-state index in [9.17, 15) is 22.4 Å². The number of amides is 1. The molecule has 0 aliphatic carbocycles. The summed E-state index contributed by atoms with van der Waals surface area (Å²) in [5.41, 5.74) is 1.74. The van der Waals surface area contributed by atoms with Crippen molar-refractivity contribution in [2.24, 2.45) is 0 Å². The fourth-order valence-corrected chi connectivity index (χ4v) is 3.06. The SMILES string of the molecule is CC(Oc1cccc(F)c1)C(=O)NCc1ccc(-c2ccnc3nc(C(F)(F)F)nn23)cc1. The molecule has 0 aliphatic rings. The van der Waals surface area contributed by atoms with E-state index in [0.29, 0.717) is 11.3 Å². The van der Waals surface area contributed by atoms with Crippen LogP contribution in [0.2, 0.25) is 0 Å². The van der Waals surface area contributed by atoms with Crippen LogP contribution in [0.5, 0.6) is 5.75 Å². The maximum Gasteiger partial charge on any atom is 0.453 e. The topological polar surface area (TPSA) is 81.4 Å². The lowest BCUT2D eigenvalue weighted by Gasteiger charge is -2.15. The minimum Gasteiger partial charge on any atom is -0.481 e. The van der Waals surface area contributed by atoms with E-state index in [1.165, 1.54) is 30.5 Å². The van der Waals surface area contributed by atoms with Gasteiger partial charge in [0.15, 0.2) is 6.10 Å². The van der Waals surface area contributed by atoms with Crippen LogP contribution in [0.25, 0.3) is 17.0 Å². The Morgan fingerprint density at radius 2 is 1.91 bits per heavy atom. The molecule has 0 bridgehead atoms. The Bertz CT molecular complexity index is 1290. The maximum atomic E-state index is 13.2. The van der Waals surface area contributed by atoms with Crippen LogP contribution in [0.3, 0.4) is 0 Å². The molecule has 4 rings (SSSR count). The van der Waals surface area contributed by atoms with Gasteiger partial charge in [0.2, 0.25) is 0 Å². The Labute approximate surface area is 185 Å². The van der Waals surface area contributed by atoms with Crippen LogP contribution in [0.15, 0.2) is 60.8 Å². The molecule has 0 aliphatic heterocycles. The average molecular weight is 459 g/mol. The van der Waals surface area contributed by atoms with Crippen molar-refractivity contribution >= 4 is 11.7 Å². The van der Waals surface area contributed by atoms with Crippen LogP contribution in [-0.2, 0) is 17.5 Å². The highest BCUT2D eigenvalue weighted by molar-refractivity contribution is 5.80. The van der Waals surface area contributed by atoms with Gasteiger partial charge in [-0.1, -0.05) is 30.3 Å². The van der Waals surface area contributed by atoms with Gasteiger partial charge in [-0.25, -0.2) is 9.37 Å². The van der Waals surface area contributed by atoms with Gasteiger partial charge in [0.1, 0.15) is 11.6 Å². The smallest absolute Gasteiger partial charge is 0.453 e. The Kier molecular flexibility index (Phi) is 5.95. The van der Waals surface area contributed by atoms with E-state index in [0.717, 1.165) is 10.1 Å². The van der Waals surface area contributed by atoms with Crippen molar-refractivity contribution in [1.82, 2.24) is 24.9 Å². The normalized spacial score (nSPS) is 12.5. The number of fused-ring (bicyclic) bond motifs is 1. The highest BCUT2D eigenvalue weighted by atomic mass is 19.4. The molecule has 0 spiro atoms. The fourth-order valence-electron chi connectivity index (χ4n) is 3.06. The number of benzene rings is 2. The van der Waals surface area contributed by atoms with E-state index in [4.69, 9.17) is 4.74 Å². The number of carbonyl (C=O) groups is 1.